The van der Waals surface area contributed by atoms with Gasteiger partial charge in [-0.2, -0.15) is 0 Å². The zero-order chi connectivity index (χ0) is 16.4. The van der Waals surface area contributed by atoms with Gasteiger partial charge in [-0.3, -0.25) is 4.79 Å². The fourth-order valence-corrected chi connectivity index (χ4v) is 2.88. The van der Waals surface area contributed by atoms with Crippen molar-refractivity contribution in [3.63, 3.8) is 0 Å². The second-order valence-electron chi connectivity index (χ2n) is 5.53. The molecule has 2 N–H and O–H groups in total. The Morgan fingerprint density at radius 1 is 1.09 bits per heavy atom. The average molecular weight is 311 g/mol. The fraction of sp³-hybridized carbons (Fsp3) is 0.222. The van der Waals surface area contributed by atoms with E-state index in [9.17, 15) is 9.59 Å². The number of aliphatic carboxylic acids is 1. The molecule has 0 heterocycles. The molecule has 1 amide bonds. The molecule has 0 spiro atoms. The first-order valence-corrected chi connectivity index (χ1v) is 7.42. The molecular weight excluding hydrogens is 294 g/mol. The molecule has 0 aromatic heterocycles. The van der Waals surface area contributed by atoms with Crippen LogP contribution in [0.1, 0.15) is 24.0 Å². The van der Waals surface area contributed by atoms with Gasteiger partial charge in [0.1, 0.15) is 12.6 Å². The first kappa shape index (κ1) is 15.1. The molecule has 0 saturated heterocycles. The van der Waals surface area contributed by atoms with E-state index in [4.69, 9.17) is 9.84 Å². The lowest BCUT2D eigenvalue weighted by Gasteiger charge is -2.15. The minimum absolute atomic E-state index is 0.0340. The van der Waals surface area contributed by atoms with Gasteiger partial charge in [0, 0.05) is 5.92 Å². The number of carbonyl (C=O) groups is 2. The largest absolute Gasteiger partial charge is 0.480 e. The number of nitrogens with one attached hydrogen (secondary N) is 1. The molecule has 0 bridgehead atoms. The third kappa shape index (κ3) is 2.90. The third-order valence-corrected chi connectivity index (χ3v) is 4.05. The molecule has 1 aliphatic rings. The van der Waals surface area contributed by atoms with Gasteiger partial charge in [0.15, 0.2) is 0 Å². The Kier molecular flexibility index (Phi) is 4.02. The summed E-state index contributed by atoms with van der Waals surface area (Å²) in [5.74, 6) is -1.13. The van der Waals surface area contributed by atoms with E-state index in [0.29, 0.717) is 0 Å². The number of carboxylic acid groups (broad SMARTS) is 1. The van der Waals surface area contributed by atoms with Crippen molar-refractivity contribution in [3.05, 3.63) is 59.7 Å². The van der Waals surface area contributed by atoms with E-state index in [1.54, 1.807) is 0 Å². The lowest BCUT2D eigenvalue weighted by Crippen LogP contribution is -2.39. The van der Waals surface area contributed by atoms with Gasteiger partial charge in [0.2, 0.25) is 0 Å². The molecule has 0 fully saturated rings. The molecule has 23 heavy (non-hydrogen) atoms. The Labute approximate surface area is 133 Å². The summed E-state index contributed by atoms with van der Waals surface area (Å²) in [4.78, 5) is 22.5. The van der Waals surface area contributed by atoms with Gasteiger partial charge in [-0.15, -0.1) is 0 Å². The number of carboxylic acids is 1. The smallest absolute Gasteiger partial charge is 0.407 e. The van der Waals surface area contributed by atoms with Gasteiger partial charge in [0.05, 0.1) is 0 Å². The molecule has 5 heteroatoms. The van der Waals surface area contributed by atoms with Gasteiger partial charge in [-0.1, -0.05) is 48.5 Å². The summed E-state index contributed by atoms with van der Waals surface area (Å²) >= 11 is 0. The van der Waals surface area contributed by atoms with E-state index < -0.39 is 18.1 Å². The van der Waals surface area contributed by atoms with Crippen LogP contribution in [0.3, 0.4) is 0 Å². The van der Waals surface area contributed by atoms with E-state index in [1.165, 1.54) is 6.92 Å². The van der Waals surface area contributed by atoms with Crippen LogP contribution < -0.4 is 5.32 Å². The summed E-state index contributed by atoms with van der Waals surface area (Å²) < 4.78 is 5.25. The zero-order valence-corrected chi connectivity index (χ0v) is 12.7. The number of carbonyl (C=O) groups excluding carboxylic acids is 1. The van der Waals surface area contributed by atoms with Crippen LogP contribution in [0.15, 0.2) is 48.5 Å². The van der Waals surface area contributed by atoms with Crippen molar-refractivity contribution in [1.29, 1.82) is 0 Å². The second-order valence-corrected chi connectivity index (χ2v) is 5.53. The predicted octanol–water partition coefficient (Wildman–Crippen LogP) is 3.00. The molecule has 2 aromatic carbocycles. The van der Waals surface area contributed by atoms with Crippen LogP contribution in [0.25, 0.3) is 11.1 Å². The molecule has 2 aromatic rings. The Bertz CT molecular complexity index is 711. The molecular formula is C18H17NO4. The summed E-state index contributed by atoms with van der Waals surface area (Å²) in [5.41, 5.74) is 4.53. The highest BCUT2D eigenvalue weighted by atomic mass is 16.5. The number of hydrogen-bond acceptors (Lipinski definition) is 3. The topological polar surface area (TPSA) is 75.6 Å². The van der Waals surface area contributed by atoms with E-state index in [-0.39, 0.29) is 12.5 Å². The highest BCUT2D eigenvalue weighted by Crippen LogP contribution is 2.44. The van der Waals surface area contributed by atoms with Crippen molar-refractivity contribution in [2.45, 2.75) is 18.9 Å². The first-order chi connectivity index (χ1) is 11.1. The van der Waals surface area contributed by atoms with E-state index in [0.717, 1.165) is 22.3 Å². The molecule has 5 nitrogen and oxygen atoms in total. The maximum Gasteiger partial charge on any atom is 0.407 e. The van der Waals surface area contributed by atoms with Crippen LogP contribution in [0.2, 0.25) is 0 Å². The summed E-state index contributed by atoms with van der Waals surface area (Å²) in [6.07, 6.45) is -0.721. The van der Waals surface area contributed by atoms with Gasteiger partial charge < -0.3 is 15.2 Å². The lowest BCUT2D eigenvalue weighted by molar-refractivity contribution is -0.138. The summed E-state index contributed by atoms with van der Waals surface area (Å²) in [7, 11) is 0. The minimum Gasteiger partial charge on any atom is -0.480 e. The number of hydrogen-bond donors (Lipinski definition) is 2. The average Bonchev–Trinajstić information content (AvgIpc) is 2.87. The van der Waals surface area contributed by atoms with Crippen molar-refractivity contribution in [2.24, 2.45) is 0 Å². The van der Waals surface area contributed by atoms with E-state index in [2.05, 4.69) is 17.4 Å². The molecule has 1 atom stereocenters. The van der Waals surface area contributed by atoms with Gasteiger partial charge in [0.25, 0.3) is 0 Å². The van der Waals surface area contributed by atoms with E-state index in [1.807, 2.05) is 36.4 Å². The fourth-order valence-electron chi connectivity index (χ4n) is 2.88. The number of alkyl carbamates (subject to hydrolysis) is 1. The van der Waals surface area contributed by atoms with Crippen molar-refractivity contribution < 1.29 is 19.4 Å². The van der Waals surface area contributed by atoms with Crippen molar-refractivity contribution in [3.8, 4) is 11.1 Å². The second kappa shape index (κ2) is 6.12. The first-order valence-electron chi connectivity index (χ1n) is 7.42. The number of benzene rings is 2. The van der Waals surface area contributed by atoms with Crippen molar-refractivity contribution in [1.82, 2.24) is 5.32 Å². The minimum atomic E-state index is -1.10. The number of amides is 1. The number of rotatable bonds is 4. The monoisotopic (exact) mass is 311 g/mol. The van der Waals surface area contributed by atoms with Crippen molar-refractivity contribution in [2.75, 3.05) is 6.61 Å². The maximum atomic E-state index is 11.7. The summed E-state index contributed by atoms with van der Waals surface area (Å²) in [5, 5.41) is 11.1. The Morgan fingerprint density at radius 2 is 1.61 bits per heavy atom. The van der Waals surface area contributed by atoms with Crippen LogP contribution in [-0.2, 0) is 9.53 Å². The normalized spacial score (nSPS) is 13.8. The molecule has 0 radical (unpaired) electrons. The lowest BCUT2D eigenvalue weighted by atomic mass is 9.98. The molecule has 1 aliphatic carbocycles. The van der Waals surface area contributed by atoms with Gasteiger partial charge in [-0.25, -0.2) is 4.79 Å². The number of ether oxygens (including phenoxy) is 1. The van der Waals surface area contributed by atoms with E-state index >= 15 is 0 Å². The summed E-state index contributed by atoms with van der Waals surface area (Å²) in [6.45, 7) is 1.57. The zero-order valence-electron chi connectivity index (χ0n) is 12.7. The Hall–Kier alpha value is -2.82. The quantitative estimate of drug-likeness (QED) is 0.910. The Balaban J connectivity index is 1.76. The van der Waals surface area contributed by atoms with Crippen LogP contribution in [0, 0.1) is 0 Å². The predicted molar refractivity (Wildman–Crippen MR) is 85.3 cm³/mol. The molecule has 118 valence electrons. The number of fused-ring (bicyclic) bond motifs is 3. The molecule has 3 rings (SSSR count). The van der Waals surface area contributed by atoms with Crippen LogP contribution in [0.5, 0.6) is 0 Å². The SMILES string of the molecule is CC(NC(=O)OCC1c2ccccc2-c2ccccc21)C(=O)O. The van der Waals surface area contributed by atoms with Gasteiger partial charge >= 0.3 is 12.1 Å². The van der Waals surface area contributed by atoms with Crippen LogP contribution >= 0.6 is 0 Å². The maximum absolute atomic E-state index is 11.7. The highest BCUT2D eigenvalue weighted by molar-refractivity contribution is 5.80. The Morgan fingerprint density at radius 3 is 2.13 bits per heavy atom. The standard InChI is InChI=1S/C18H17NO4/c1-11(17(20)21)19-18(22)23-10-16-14-8-4-2-6-12(14)13-7-3-5-9-15(13)16/h2-9,11,16H,10H2,1H3,(H,19,22)(H,20,21). The van der Waals surface area contributed by atoms with Crippen LogP contribution in [0.4, 0.5) is 4.79 Å². The molecule has 1 unspecified atom stereocenters. The molecule has 0 aliphatic heterocycles. The highest BCUT2D eigenvalue weighted by Gasteiger charge is 2.29. The van der Waals surface area contributed by atoms with Gasteiger partial charge in [-0.05, 0) is 29.2 Å². The summed E-state index contributed by atoms with van der Waals surface area (Å²) in [6, 6.07) is 15.1. The third-order valence-electron chi connectivity index (χ3n) is 4.05. The molecule has 0 saturated carbocycles. The van der Waals surface area contributed by atoms with Crippen molar-refractivity contribution >= 4 is 12.1 Å². The van der Waals surface area contributed by atoms with Crippen LogP contribution in [-0.4, -0.2) is 29.8 Å².